The van der Waals surface area contributed by atoms with Crippen LogP contribution in [0.2, 0.25) is 0 Å². The molecule has 1 aliphatic rings. The maximum absolute atomic E-state index is 11.3. The van der Waals surface area contributed by atoms with E-state index < -0.39 is 5.97 Å². The second kappa shape index (κ2) is 7.97. The lowest BCUT2D eigenvalue weighted by Crippen LogP contribution is -2.35. The molecule has 0 aliphatic carbocycles. The number of aliphatic hydroxyl groups excluding tert-OH is 1. The van der Waals surface area contributed by atoms with Crippen LogP contribution in [0.1, 0.15) is 28.8 Å². The van der Waals surface area contributed by atoms with Gasteiger partial charge < -0.3 is 15.1 Å². The second-order valence-corrected chi connectivity index (χ2v) is 6.37. The van der Waals surface area contributed by atoms with E-state index in [4.69, 9.17) is 0 Å². The molecule has 3 rings (SSSR count). The lowest BCUT2D eigenvalue weighted by Gasteiger charge is -2.31. The van der Waals surface area contributed by atoms with E-state index in [1.807, 2.05) is 24.3 Å². The Morgan fingerprint density at radius 3 is 2.38 bits per heavy atom. The Balaban J connectivity index is 1.92. The number of carbonyl (C=O) groups is 2. The van der Waals surface area contributed by atoms with Gasteiger partial charge in [-0.3, -0.25) is 4.79 Å². The Bertz CT molecular complexity index is 818. The van der Waals surface area contributed by atoms with Gasteiger partial charge in [0.25, 0.3) is 0 Å². The van der Waals surface area contributed by atoms with Gasteiger partial charge in [0.1, 0.15) is 6.29 Å². The fraction of sp³-hybridized carbons (Fsp3) is 0.238. The fourth-order valence-electron chi connectivity index (χ4n) is 3.20. The van der Waals surface area contributed by atoms with Crippen LogP contribution in [0, 0.1) is 0 Å². The van der Waals surface area contributed by atoms with Gasteiger partial charge >= 0.3 is 5.97 Å². The van der Waals surface area contributed by atoms with Crippen LogP contribution in [0.3, 0.4) is 0 Å². The number of hydrogen-bond acceptors (Lipinski definition) is 4. The lowest BCUT2D eigenvalue weighted by molar-refractivity contribution is -0.104. The number of carboxylic acids is 1. The van der Waals surface area contributed by atoms with Gasteiger partial charge in [-0.2, -0.15) is 0 Å². The third kappa shape index (κ3) is 4.00. The average molecular weight is 351 g/mol. The molecular formula is C21H21NO4. The molecule has 134 valence electrons. The third-order valence-corrected chi connectivity index (χ3v) is 4.66. The molecule has 0 spiro atoms. The minimum Gasteiger partial charge on any atom is -0.478 e. The number of anilines is 1. The van der Waals surface area contributed by atoms with Crippen LogP contribution >= 0.6 is 0 Å². The summed E-state index contributed by atoms with van der Waals surface area (Å²) in [5, 5.41) is 18.9. The molecular weight excluding hydrogens is 330 g/mol. The minimum absolute atomic E-state index is 0.206. The lowest BCUT2D eigenvalue weighted by atomic mass is 9.96. The number of carbonyl (C=O) groups excluding carboxylic acids is 1. The molecule has 2 aromatic carbocycles. The van der Waals surface area contributed by atoms with Crippen molar-refractivity contribution in [1.29, 1.82) is 0 Å². The van der Waals surface area contributed by atoms with Crippen LogP contribution in [0.5, 0.6) is 0 Å². The molecule has 5 nitrogen and oxygen atoms in total. The first kappa shape index (κ1) is 17.9. The summed E-state index contributed by atoms with van der Waals surface area (Å²) >= 11 is 0. The molecule has 1 saturated heterocycles. The van der Waals surface area contributed by atoms with Crippen molar-refractivity contribution in [3.05, 3.63) is 59.7 Å². The Labute approximate surface area is 152 Å². The summed E-state index contributed by atoms with van der Waals surface area (Å²) in [6.45, 7) is 1.64. The molecule has 0 bridgehead atoms. The highest BCUT2D eigenvalue weighted by atomic mass is 16.4. The highest BCUT2D eigenvalue weighted by Crippen LogP contribution is 2.29. The molecule has 2 aromatic rings. The van der Waals surface area contributed by atoms with Gasteiger partial charge in [0.2, 0.25) is 0 Å². The monoisotopic (exact) mass is 351 g/mol. The van der Waals surface area contributed by atoms with E-state index in [-0.39, 0.29) is 11.7 Å². The molecule has 26 heavy (non-hydrogen) atoms. The zero-order chi connectivity index (χ0) is 18.5. The second-order valence-electron chi connectivity index (χ2n) is 6.37. The number of piperidine rings is 1. The summed E-state index contributed by atoms with van der Waals surface area (Å²) in [5.74, 6) is -0.985. The van der Waals surface area contributed by atoms with Crippen molar-refractivity contribution in [3.63, 3.8) is 0 Å². The molecule has 0 atom stereocenters. The normalized spacial score (nSPS) is 15.3. The predicted octanol–water partition coefficient (Wildman–Crippen LogP) is 3.23. The average Bonchev–Trinajstić information content (AvgIpc) is 2.67. The molecule has 0 unspecified atom stereocenters. The van der Waals surface area contributed by atoms with Crippen molar-refractivity contribution in [2.75, 3.05) is 18.0 Å². The molecule has 1 aliphatic heterocycles. The van der Waals surface area contributed by atoms with Crippen LogP contribution in [-0.2, 0) is 4.79 Å². The number of aromatic carboxylic acids is 1. The van der Waals surface area contributed by atoms with Crippen molar-refractivity contribution in [2.24, 2.45) is 0 Å². The van der Waals surface area contributed by atoms with Crippen LogP contribution < -0.4 is 4.90 Å². The van der Waals surface area contributed by atoms with Gasteiger partial charge in [-0.05, 0) is 59.9 Å². The van der Waals surface area contributed by atoms with E-state index in [1.165, 1.54) is 12.1 Å². The van der Waals surface area contributed by atoms with Crippen molar-refractivity contribution < 1.29 is 19.8 Å². The largest absolute Gasteiger partial charge is 0.478 e. The first-order valence-corrected chi connectivity index (χ1v) is 8.61. The summed E-state index contributed by atoms with van der Waals surface area (Å²) < 4.78 is 0. The van der Waals surface area contributed by atoms with Gasteiger partial charge in [0, 0.05) is 18.8 Å². The quantitative estimate of drug-likeness (QED) is 0.639. The van der Waals surface area contributed by atoms with Gasteiger partial charge in [0.05, 0.1) is 11.7 Å². The van der Waals surface area contributed by atoms with Crippen LogP contribution in [0.25, 0.3) is 17.2 Å². The third-order valence-electron chi connectivity index (χ3n) is 4.66. The number of rotatable bonds is 5. The molecule has 1 heterocycles. The van der Waals surface area contributed by atoms with Crippen LogP contribution in [0.4, 0.5) is 5.69 Å². The van der Waals surface area contributed by atoms with Gasteiger partial charge in [-0.25, -0.2) is 4.79 Å². The molecule has 0 saturated carbocycles. The summed E-state index contributed by atoms with van der Waals surface area (Å²) in [6.07, 6.45) is 5.09. The smallest absolute Gasteiger partial charge is 0.335 e. The van der Waals surface area contributed by atoms with Crippen LogP contribution in [-0.4, -0.2) is 41.7 Å². The van der Waals surface area contributed by atoms with Crippen molar-refractivity contribution in [1.82, 2.24) is 0 Å². The Morgan fingerprint density at radius 1 is 1.08 bits per heavy atom. The summed E-state index contributed by atoms with van der Waals surface area (Å²) in [7, 11) is 0. The number of carboxylic acid groups (broad SMARTS) is 1. The first-order chi connectivity index (χ1) is 12.6. The van der Waals surface area contributed by atoms with E-state index in [2.05, 4.69) is 4.90 Å². The van der Waals surface area contributed by atoms with Crippen molar-refractivity contribution in [2.45, 2.75) is 18.9 Å². The van der Waals surface area contributed by atoms with E-state index >= 15 is 0 Å². The highest BCUT2D eigenvalue weighted by molar-refractivity contribution is 5.91. The van der Waals surface area contributed by atoms with Gasteiger partial charge in [-0.1, -0.05) is 24.3 Å². The summed E-state index contributed by atoms with van der Waals surface area (Å²) in [6, 6.07) is 12.8. The van der Waals surface area contributed by atoms with E-state index in [1.54, 1.807) is 18.2 Å². The van der Waals surface area contributed by atoms with Gasteiger partial charge in [0.15, 0.2) is 0 Å². The number of hydrogen-bond donors (Lipinski definition) is 2. The minimum atomic E-state index is -0.985. The number of nitrogens with zero attached hydrogens (tertiary/aromatic N) is 1. The summed E-state index contributed by atoms with van der Waals surface area (Å²) in [5.41, 5.74) is 3.73. The van der Waals surface area contributed by atoms with E-state index in [9.17, 15) is 19.8 Å². The Morgan fingerprint density at radius 2 is 1.77 bits per heavy atom. The maximum Gasteiger partial charge on any atom is 0.335 e. The number of benzene rings is 2. The molecule has 2 N–H and O–H groups in total. The van der Waals surface area contributed by atoms with Crippen molar-refractivity contribution in [3.8, 4) is 11.1 Å². The zero-order valence-corrected chi connectivity index (χ0v) is 14.3. The van der Waals surface area contributed by atoms with E-state index in [0.29, 0.717) is 6.29 Å². The first-order valence-electron chi connectivity index (χ1n) is 8.61. The number of aldehydes is 1. The Kier molecular flexibility index (Phi) is 5.49. The van der Waals surface area contributed by atoms with Crippen molar-refractivity contribution >= 4 is 24.0 Å². The molecule has 0 aromatic heterocycles. The topological polar surface area (TPSA) is 77.8 Å². The van der Waals surface area contributed by atoms with Gasteiger partial charge in [-0.15, -0.1) is 0 Å². The SMILES string of the molecule is O=CC=Cc1ccc(C(=O)O)cc1-c1ccc(N2CCC(O)CC2)cc1. The van der Waals surface area contributed by atoms with E-state index in [0.717, 1.165) is 48.3 Å². The predicted molar refractivity (Wildman–Crippen MR) is 101 cm³/mol. The Hall–Kier alpha value is -2.92. The number of aliphatic hydroxyl groups is 1. The molecule has 0 amide bonds. The molecule has 1 fully saturated rings. The standard InChI is InChI=1S/C21H21NO4/c23-13-1-2-15-3-4-17(21(25)26)14-20(15)16-5-7-18(8-6-16)22-11-9-19(24)10-12-22/h1-8,13-14,19,24H,9-12H2,(H,25,26). The maximum atomic E-state index is 11.3. The fourth-order valence-corrected chi connectivity index (χ4v) is 3.20. The molecule has 0 radical (unpaired) electrons. The molecule has 5 heteroatoms. The van der Waals surface area contributed by atoms with Crippen LogP contribution in [0.15, 0.2) is 48.5 Å². The summed E-state index contributed by atoms with van der Waals surface area (Å²) in [4.78, 5) is 24.2. The highest BCUT2D eigenvalue weighted by Gasteiger charge is 2.17. The zero-order valence-electron chi connectivity index (χ0n) is 14.3. The number of allylic oxidation sites excluding steroid dienone is 1.